The number of carbonyl (C=O) groups is 1. The summed E-state index contributed by atoms with van der Waals surface area (Å²) >= 11 is 0. The maximum atomic E-state index is 14.3. The van der Waals surface area contributed by atoms with Gasteiger partial charge in [0.2, 0.25) is 5.89 Å². The quantitative estimate of drug-likeness (QED) is 0.455. The Hall–Kier alpha value is -4.05. The lowest BCUT2D eigenvalue weighted by molar-refractivity contribution is 0.0669. The summed E-state index contributed by atoms with van der Waals surface area (Å²) in [4.78, 5) is 27.4. The van der Waals surface area contributed by atoms with Crippen molar-refractivity contribution in [1.82, 2.24) is 29.5 Å². The normalized spacial score (nSPS) is 15.9. The zero-order chi connectivity index (χ0) is 22.5. The highest BCUT2D eigenvalue weighted by molar-refractivity contribution is 6.01. The first-order valence-corrected chi connectivity index (χ1v) is 10.5. The van der Waals surface area contributed by atoms with Crippen molar-refractivity contribution < 1.29 is 18.3 Å². The van der Waals surface area contributed by atoms with Crippen molar-refractivity contribution in [3.8, 4) is 0 Å². The van der Waals surface area contributed by atoms with Gasteiger partial charge < -0.3 is 19.0 Å². The summed E-state index contributed by atoms with van der Waals surface area (Å²) in [6, 6.07) is 7.60. The van der Waals surface area contributed by atoms with Gasteiger partial charge in [0.05, 0.1) is 35.9 Å². The molecule has 1 amide bonds. The number of para-hydroxylation sites is 1. The van der Waals surface area contributed by atoms with Crippen molar-refractivity contribution in [3.05, 3.63) is 83.3 Å². The first-order valence-electron chi connectivity index (χ1n) is 10.5. The zero-order valence-electron chi connectivity index (χ0n) is 17.7. The number of nitrogens with zero attached hydrogens (tertiary/aromatic N) is 5. The second-order valence-electron chi connectivity index (χ2n) is 7.91. The number of aromatic amines is 1. The molecule has 0 fully saturated rings. The lowest BCUT2D eigenvalue weighted by atomic mass is 10.0. The van der Waals surface area contributed by atoms with E-state index >= 15 is 0 Å². The van der Waals surface area contributed by atoms with E-state index < -0.39 is 11.9 Å². The summed E-state index contributed by atoms with van der Waals surface area (Å²) < 4.78 is 27.0. The number of hydrogen-bond acceptors (Lipinski definition) is 6. The number of pyridine rings is 1. The zero-order valence-corrected chi connectivity index (χ0v) is 17.7. The van der Waals surface area contributed by atoms with Gasteiger partial charge in [-0.3, -0.25) is 4.79 Å². The summed E-state index contributed by atoms with van der Waals surface area (Å²) in [5.41, 5.74) is 4.06. The third-order valence-corrected chi connectivity index (χ3v) is 5.92. The van der Waals surface area contributed by atoms with Crippen LogP contribution in [0.15, 0.2) is 53.5 Å². The molecule has 0 unspecified atom stereocenters. The molecule has 10 heteroatoms. The summed E-state index contributed by atoms with van der Waals surface area (Å²) in [7, 11) is 1.63. The highest BCUT2D eigenvalue weighted by Gasteiger charge is 2.38. The van der Waals surface area contributed by atoms with Crippen LogP contribution in [0.4, 0.5) is 4.39 Å². The van der Waals surface area contributed by atoms with Crippen LogP contribution < -0.4 is 0 Å². The molecular weight excluding hydrogens is 427 g/mol. The molecule has 5 heterocycles. The van der Waals surface area contributed by atoms with E-state index in [2.05, 4.69) is 20.1 Å². The van der Waals surface area contributed by atoms with E-state index in [-0.39, 0.29) is 17.3 Å². The monoisotopic (exact) mass is 446 g/mol. The van der Waals surface area contributed by atoms with Crippen LogP contribution in [0.3, 0.4) is 0 Å². The van der Waals surface area contributed by atoms with Crippen molar-refractivity contribution in [3.63, 3.8) is 0 Å². The molecule has 1 N–H and O–H groups in total. The van der Waals surface area contributed by atoms with E-state index in [1.807, 2.05) is 18.3 Å². The Balaban J connectivity index is 1.44. The molecule has 1 atom stereocenters. The van der Waals surface area contributed by atoms with E-state index in [1.165, 1.54) is 6.07 Å². The number of halogens is 1. The molecule has 0 spiro atoms. The Kier molecular flexibility index (Phi) is 4.47. The summed E-state index contributed by atoms with van der Waals surface area (Å²) in [6.07, 6.45) is 5.57. The van der Waals surface area contributed by atoms with Crippen LogP contribution in [0.2, 0.25) is 0 Å². The maximum Gasteiger partial charge on any atom is 0.258 e. The van der Waals surface area contributed by atoms with Crippen molar-refractivity contribution in [2.24, 2.45) is 0 Å². The Labute approximate surface area is 186 Å². The van der Waals surface area contributed by atoms with Gasteiger partial charge in [-0.25, -0.2) is 18.9 Å². The van der Waals surface area contributed by atoms with Gasteiger partial charge in [0.15, 0.2) is 17.4 Å². The molecule has 0 radical (unpaired) electrons. The van der Waals surface area contributed by atoms with E-state index in [9.17, 15) is 9.18 Å². The summed E-state index contributed by atoms with van der Waals surface area (Å²) in [5.74, 6) is -0.492. The summed E-state index contributed by atoms with van der Waals surface area (Å²) in [5, 5.41) is 4.36. The van der Waals surface area contributed by atoms with Gasteiger partial charge in [0.1, 0.15) is 5.52 Å². The van der Waals surface area contributed by atoms with Gasteiger partial charge >= 0.3 is 0 Å². The molecule has 6 rings (SSSR count). The predicted octanol–water partition coefficient (Wildman–Crippen LogP) is 3.27. The largest absolute Gasteiger partial charge is 0.438 e. The third-order valence-electron chi connectivity index (χ3n) is 5.92. The number of nitrogens with one attached hydrogen (secondary N) is 1. The second-order valence-corrected chi connectivity index (χ2v) is 7.91. The minimum Gasteiger partial charge on any atom is -0.438 e. The van der Waals surface area contributed by atoms with Crippen molar-refractivity contribution in [2.45, 2.75) is 19.1 Å². The number of benzene rings is 1. The molecule has 0 saturated carbocycles. The van der Waals surface area contributed by atoms with E-state index in [4.69, 9.17) is 9.15 Å². The van der Waals surface area contributed by atoms with E-state index in [0.717, 1.165) is 11.3 Å². The number of amides is 1. The topological polar surface area (TPSA) is 102 Å². The molecule has 166 valence electrons. The fraction of sp³-hybridized carbons (Fsp3) is 0.217. The van der Waals surface area contributed by atoms with Gasteiger partial charge in [-0.2, -0.15) is 5.10 Å². The lowest BCUT2D eigenvalue weighted by Gasteiger charge is -2.32. The molecule has 5 aromatic rings. The molecule has 33 heavy (non-hydrogen) atoms. The van der Waals surface area contributed by atoms with Gasteiger partial charge in [0.25, 0.3) is 5.91 Å². The van der Waals surface area contributed by atoms with E-state index in [1.54, 1.807) is 41.2 Å². The first-order chi connectivity index (χ1) is 16.1. The van der Waals surface area contributed by atoms with Gasteiger partial charge in [0, 0.05) is 32.0 Å². The van der Waals surface area contributed by atoms with Gasteiger partial charge in [-0.05, 0) is 23.8 Å². The average molecular weight is 446 g/mol. The molecular formula is C23H19FN6O3. The number of ether oxygens (including phenoxy) is 1. The number of rotatable bonds is 4. The lowest BCUT2D eigenvalue weighted by Crippen LogP contribution is -2.41. The molecule has 4 aromatic heterocycles. The minimum atomic E-state index is -0.693. The molecule has 9 nitrogen and oxygen atoms in total. The molecule has 0 bridgehead atoms. The number of imidazole rings is 1. The molecule has 1 aliphatic heterocycles. The van der Waals surface area contributed by atoms with Crippen LogP contribution in [0, 0.1) is 5.82 Å². The first kappa shape index (κ1) is 19.6. The molecule has 1 aromatic carbocycles. The van der Waals surface area contributed by atoms with Gasteiger partial charge in [-0.1, -0.05) is 12.1 Å². The van der Waals surface area contributed by atoms with Crippen molar-refractivity contribution in [1.29, 1.82) is 0 Å². The molecule has 0 aliphatic carbocycles. The number of hydrogen-bond donors (Lipinski definition) is 1. The Morgan fingerprint density at radius 2 is 2.24 bits per heavy atom. The van der Waals surface area contributed by atoms with Crippen molar-refractivity contribution >= 4 is 22.5 Å². The fourth-order valence-corrected chi connectivity index (χ4v) is 4.39. The Morgan fingerprint density at radius 3 is 3.09 bits per heavy atom. The molecule has 1 aliphatic rings. The van der Waals surface area contributed by atoms with Crippen LogP contribution in [0.5, 0.6) is 0 Å². The number of fused-ring (bicyclic) bond motifs is 3. The minimum absolute atomic E-state index is 0.129. The fourth-order valence-electron chi connectivity index (χ4n) is 4.39. The average Bonchev–Trinajstić information content (AvgIpc) is 3.56. The highest BCUT2D eigenvalue weighted by Crippen LogP contribution is 2.36. The smallest absolute Gasteiger partial charge is 0.258 e. The number of H-pyrrole nitrogens is 1. The Morgan fingerprint density at radius 1 is 1.33 bits per heavy atom. The highest BCUT2D eigenvalue weighted by atomic mass is 19.1. The Bertz CT molecular complexity index is 1500. The number of methoxy groups -OCH3 is 1. The number of aromatic nitrogens is 5. The standard InChI is InChI=1S/C23H19FN6O3/c1-32-11-13-5-6-17-14(9-27-30(17)10-13)23(31)29-8-7-16-20(26-12-25-16)21(29)22-28-19-15(24)3-2-4-18(19)33-22/h2-6,9-10,12,21H,7-8,11H2,1H3,(H,25,26)/t21-/m0/s1. The third kappa shape index (κ3) is 3.10. The van der Waals surface area contributed by atoms with Crippen LogP contribution in [-0.2, 0) is 17.8 Å². The number of carbonyl (C=O) groups excluding carboxylic acids is 1. The number of oxazole rings is 1. The van der Waals surface area contributed by atoms with Crippen LogP contribution in [0.25, 0.3) is 16.6 Å². The van der Waals surface area contributed by atoms with Crippen LogP contribution in [-0.4, -0.2) is 49.0 Å². The van der Waals surface area contributed by atoms with E-state index in [0.29, 0.717) is 41.9 Å². The predicted molar refractivity (Wildman–Crippen MR) is 115 cm³/mol. The maximum absolute atomic E-state index is 14.3. The second kappa shape index (κ2) is 7.52. The SMILES string of the molecule is COCc1ccc2c(C(=O)N3CCc4[nH]cnc4[C@H]3c3nc4c(F)cccc4o3)cnn2c1. The molecule has 0 saturated heterocycles. The summed E-state index contributed by atoms with van der Waals surface area (Å²) in [6.45, 7) is 0.864. The van der Waals surface area contributed by atoms with Gasteiger partial charge in [-0.15, -0.1) is 0 Å². The van der Waals surface area contributed by atoms with Crippen molar-refractivity contribution in [2.75, 3.05) is 13.7 Å². The van der Waals surface area contributed by atoms with Crippen LogP contribution in [0.1, 0.15) is 39.2 Å². The van der Waals surface area contributed by atoms with Crippen LogP contribution >= 0.6 is 0 Å².